The Morgan fingerprint density at radius 2 is 2.00 bits per heavy atom. The Morgan fingerprint density at radius 3 is 2.31 bits per heavy atom. The number of rotatable bonds is 3. The van der Waals surface area contributed by atoms with E-state index in [2.05, 4.69) is 23.1 Å². The molecule has 0 unspecified atom stereocenters. The van der Waals surface area contributed by atoms with Gasteiger partial charge in [-0.15, -0.1) is 0 Å². The fraction of sp³-hybridized carbons (Fsp3) is 0.167. The van der Waals surface area contributed by atoms with Crippen molar-refractivity contribution in [1.82, 2.24) is 9.97 Å². The van der Waals surface area contributed by atoms with E-state index in [4.69, 9.17) is 0 Å². The first kappa shape index (κ1) is 20.7. The van der Waals surface area contributed by atoms with Crippen LogP contribution in [-0.4, -0.2) is 4.98 Å². The molecule has 0 aliphatic heterocycles. The van der Waals surface area contributed by atoms with Crippen molar-refractivity contribution in [3.05, 3.63) is 61.2 Å². The molecule has 3 nitrogen and oxygen atoms in total. The van der Waals surface area contributed by atoms with Crippen LogP contribution in [0.25, 0.3) is 5.57 Å². The fourth-order valence-corrected chi connectivity index (χ4v) is 0.844. The van der Waals surface area contributed by atoms with Gasteiger partial charge in [-0.3, -0.25) is 4.79 Å². The van der Waals surface area contributed by atoms with E-state index in [1.807, 2.05) is 13.8 Å². The van der Waals surface area contributed by atoms with Gasteiger partial charge >= 0.3 is 0 Å². The standard InChI is InChI=1S/C9H10N2O.C2H6.CH3.Y/c1-3-5-7(4-2)8-6-10-9(12)11-8;1-2;;/h3-6H,1-2H2,(H2,10,11,12);1-2H3;1H3;/q;;-1;/p-1/b7-5+;;;. The molecule has 87 valence electrons. The number of hydrogen-bond acceptors (Lipinski definition) is 1. The van der Waals surface area contributed by atoms with E-state index in [0.717, 1.165) is 5.57 Å². The van der Waals surface area contributed by atoms with Gasteiger partial charge in [0.2, 0.25) is 0 Å². The molecule has 0 aliphatic carbocycles. The number of nitrogens with zero attached hydrogens (tertiary/aromatic N) is 1. The van der Waals surface area contributed by atoms with Crippen molar-refractivity contribution in [3.8, 4) is 0 Å². The summed E-state index contributed by atoms with van der Waals surface area (Å²) < 4.78 is 0. The summed E-state index contributed by atoms with van der Waals surface area (Å²) in [4.78, 5) is 16.8. The van der Waals surface area contributed by atoms with Crippen molar-refractivity contribution >= 4 is 5.57 Å². The second kappa shape index (κ2) is 12.4. The largest absolute Gasteiger partial charge is 0.424 e. The molecule has 0 aromatic carbocycles. The third-order valence-corrected chi connectivity index (χ3v) is 1.38. The maximum Gasteiger partial charge on any atom is 0.159 e. The van der Waals surface area contributed by atoms with Crippen molar-refractivity contribution in [2.24, 2.45) is 0 Å². The van der Waals surface area contributed by atoms with E-state index in [1.54, 1.807) is 18.2 Å². The molecule has 0 saturated heterocycles. The SMILES string of the molecule is C=C/C=C(\C=C)c1c[n-]c(=O)[nH]1.CC.[CH3-].[Y]. The van der Waals surface area contributed by atoms with Crippen molar-refractivity contribution < 1.29 is 32.7 Å². The van der Waals surface area contributed by atoms with Crippen LogP contribution in [0, 0.1) is 7.43 Å². The minimum Gasteiger partial charge on any atom is -0.424 e. The monoisotopic (exact) mass is 295 g/mol. The number of nitrogens with one attached hydrogen (secondary N) is 1. The van der Waals surface area contributed by atoms with Gasteiger partial charge < -0.3 is 17.4 Å². The second-order valence-electron chi connectivity index (χ2n) is 2.16. The maximum atomic E-state index is 10.7. The second-order valence-corrected chi connectivity index (χ2v) is 2.16. The molecule has 1 N–H and O–H groups in total. The predicted octanol–water partition coefficient (Wildman–Crippen LogP) is 2.56. The van der Waals surface area contributed by atoms with Gasteiger partial charge in [-0.25, -0.2) is 0 Å². The molecule has 1 heterocycles. The molecule has 0 saturated carbocycles. The Labute approximate surface area is 123 Å². The molecule has 16 heavy (non-hydrogen) atoms. The van der Waals surface area contributed by atoms with Gasteiger partial charge in [0, 0.05) is 32.7 Å². The van der Waals surface area contributed by atoms with Crippen LogP contribution in [0.2, 0.25) is 0 Å². The topological polar surface area (TPSA) is 47.0 Å². The molecular formula is C12H18N2OY-2. The minimum absolute atomic E-state index is 0. The summed E-state index contributed by atoms with van der Waals surface area (Å²) in [5.41, 5.74) is 1.12. The van der Waals surface area contributed by atoms with Crippen molar-refractivity contribution in [2.45, 2.75) is 13.8 Å². The quantitative estimate of drug-likeness (QED) is 0.688. The van der Waals surface area contributed by atoms with Gasteiger partial charge in [0.25, 0.3) is 0 Å². The Morgan fingerprint density at radius 1 is 1.44 bits per heavy atom. The number of hydrogen-bond donors (Lipinski definition) is 1. The van der Waals surface area contributed by atoms with Crippen LogP contribution in [0.5, 0.6) is 0 Å². The van der Waals surface area contributed by atoms with Crippen LogP contribution in [0.3, 0.4) is 0 Å². The van der Waals surface area contributed by atoms with Crippen molar-refractivity contribution in [2.75, 3.05) is 0 Å². The molecular weight excluding hydrogens is 277 g/mol. The molecule has 0 fully saturated rings. The van der Waals surface area contributed by atoms with E-state index in [-0.39, 0.29) is 45.8 Å². The zero-order valence-electron chi connectivity index (χ0n) is 10.2. The predicted molar refractivity (Wildman–Crippen MR) is 66.5 cm³/mol. The van der Waals surface area contributed by atoms with Gasteiger partial charge in [-0.2, -0.15) is 0 Å². The Hall–Kier alpha value is -0.666. The summed E-state index contributed by atoms with van der Waals surface area (Å²) in [7, 11) is 0. The van der Waals surface area contributed by atoms with E-state index >= 15 is 0 Å². The molecule has 1 aromatic rings. The number of aromatic amines is 1. The maximum absolute atomic E-state index is 10.7. The van der Waals surface area contributed by atoms with Crippen LogP contribution >= 0.6 is 0 Å². The van der Waals surface area contributed by atoms with Crippen LogP contribution in [0.4, 0.5) is 0 Å². The van der Waals surface area contributed by atoms with E-state index < -0.39 is 0 Å². The number of aromatic nitrogens is 2. The molecule has 0 bridgehead atoms. The smallest absolute Gasteiger partial charge is 0.159 e. The van der Waals surface area contributed by atoms with Crippen LogP contribution in [0.1, 0.15) is 19.5 Å². The first-order valence-corrected chi connectivity index (χ1v) is 4.45. The average molecular weight is 295 g/mol. The molecule has 0 spiro atoms. The molecule has 0 amide bonds. The molecule has 4 heteroatoms. The summed E-state index contributed by atoms with van der Waals surface area (Å²) in [6.45, 7) is 11.1. The summed E-state index contributed by atoms with van der Waals surface area (Å²) in [6.07, 6.45) is 6.48. The Balaban J connectivity index is -0.000000399. The van der Waals surface area contributed by atoms with Gasteiger partial charge in [0.1, 0.15) is 0 Å². The van der Waals surface area contributed by atoms with E-state index in [1.165, 1.54) is 6.20 Å². The van der Waals surface area contributed by atoms with Gasteiger partial charge in [-0.05, 0) is 11.3 Å². The summed E-state index contributed by atoms with van der Waals surface area (Å²) in [5, 5.41) is 0. The fourth-order valence-electron chi connectivity index (χ4n) is 0.844. The molecule has 0 aliphatic rings. The van der Waals surface area contributed by atoms with Gasteiger partial charge in [0.05, 0.1) is 0 Å². The van der Waals surface area contributed by atoms with Crippen molar-refractivity contribution in [1.29, 1.82) is 0 Å². The Kier molecular flexibility index (Phi) is 16.1. The number of allylic oxidation sites excluding steroid dienone is 4. The van der Waals surface area contributed by atoms with E-state index in [9.17, 15) is 4.79 Å². The normalized spacial score (nSPS) is 8.75. The van der Waals surface area contributed by atoms with Crippen LogP contribution in [0.15, 0.2) is 42.4 Å². The average Bonchev–Trinajstić information content (AvgIpc) is 2.64. The summed E-state index contributed by atoms with van der Waals surface area (Å²) >= 11 is 0. The first-order valence-electron chi connectivity index (χ1n) is 4.45. The number of H-pyrrole nitrogens is 1. The van der Waals surface area contributed by atoms with Gasteiger partial charge in [-0.1, -0.05) is 51.4 Å². The zero-order chi connectivity index (χ0) is 11.0. The molecule has 1 radical (unpaired) electrons. The Bertz CT molecular complexity index is 374. The van der Waals surface area contributed by atoms with Gasteiger partial charge in [0.15, 0.2) is 5.69 Å². The van der Waals surface area contributed by atoms with Crippen LogP contribution < -0.4 is 10.7 Å². The summed E-state index contributed by atoms with van der Waals surface area (Å²) in [6, 6.07) is 0. The molecule has 0 atom stereocenters. The van der Waals surface area contributed by atoms with Crippen LogP contribution in [-0.2, 0) is 32.7 Å². The number of imidazole rings is 1. The third-order valence-electron chi connectivity index (χ3n) is 1.38. The molecule has 1 rings (SSSR count). The minimum atomic E-state index is -0.346. The summed E-state index contributed by atoms with van der Waals surface area (Å²) in [5.74, 6) is 0. The van der Waals surface area contributed by atoms with Crippen molar-refractivity contribution in [3.63, 3.8) is 0 Å². The van der Waals surface area contributed by atoms with E-state index in [0.29, 0.717) is 5.69 Å². The third kappa shape index (κ3) is 6.75. The zero-order valence-corrected chi connectivity index (χ0v) is 13.0. The molecule has 1 aromatic heterocycles. The first-order chi connectivity index (χ1) is 6.77.